The molecule has 104 valence electrons. The van der Waals surface area contributed by atoms with Crippen LogP contribution in [-0.2, 0) is 6.42 Å². The molecule has 0 fully saturated rings. The highest BCUT2D eigenvalue weighted by molar-refractivity contribution is 6.34. The molecule has 0 aliphatic heterocycles. The van der Waals surface area contributed by atoms with Crippen LogP contribution in [0.1, 0.15) is 23.0 Å². The van der Waals surface area contributed by atoms with E-state index in [2.05, 4.69) is 10.3 Å². The van der Waals surface area contributed by atoms with E-state index in [1.54, 1.807) is 6.07 Å². The van der Waals surface area contributed by atoms with Gasteiger partial charge in [0.1, 0.15) is 11.0 Å². The highest BCUT2D eigenvalue weighted by Crippen LogP contribution is 2.25. The highest BCUT2D eigenvalue weighted by atomic mass is 35.5. The Morgan fingerprint density at radius 1 is 1.35 bits per heavy atom. The van der Waals surface area contributed by atoms with E-state index in [4.69, 9.17) is 23.2 Å². The van der Waals surface area contributed by atoms with E-state index in [1.165, 1.54) is 24.3 Å². The average molecular weight is 313 g/mol. The van der Waals surface area contributed by atoms with Crippen LogP contribution in [0.4, 0.5) is 10.1 Å². The molecule has 2 rings (SSSR count). The van der Waals surface area contributed by atoms with Gasteiger partial charge in [0.25, 0.3) is 5.91 Å². The van der Waals surface area contributed by atoms with Gasteiger partial charge in [-0.25, -0.2) is 9.37 Å². The molecule has 0 bridgehead atoms. The van der Waals surface area contributed by atoms with Crippen LogP contribution in [0.15, 0.2) is 30.3 Å². The first-order chi connectivity index (χ1) is 9.51. The third-order valence-electron chi connectivity index (χ3n) is 2.67. The molecule has 0 saturated carbocycles. The van der Waals surface area contributed by atoms with E-state index in [0.29, 0.717) is 17.7 Å². The van der Waals surface area contributed by atoms with Crippen molar-refractivity contribution in [2.24, 2.45) is 0 Å². The van der Waals surface area contributed by atoms with Crippen molar-refractivity contribution in [3.05, 3.63) is 57.6 Å². The minimum absolute atomic E-state index is 0.0508. The van der Waals surface area contributed by atoms with Gasteiger partial charge in [-0.1, -0.05) is 36.2 Å². The molecular weight excluding hydrogens is 302 g/mol. The fourth-order valence-electron chi connectivity index (χ4n) is 1.67. The fraction of sp³-hybridized carbons (Fsp3) is 0.143. The van der Waals surface area contributed by atoms with Crippen LogP contribution in [0.5, 0.6) is 0 Å². The predicted molar refractivity (Wildman–Crippen MR) is 78.0 cm³/mol. The number of aromatic nitrogens is 1. The second-order valence-electron chi connectivity index (χ2n) is 4.07. The quantitative estimate of drug-likeness (QED) is 0.856. The number of carbonyl (C=O) groups is 1. The van der Waals surface area contributed by atoms with Gasteiger partial charge in [0.15, 0.2) is 0 Å². The number of carbonyl (C=O) groups excluding carboxylic acids is 1. The summed E-state index contributed by atoms with van der Waals surface area (Å²) in [6.07, 6.45) is 0.640. The number of aryl methyl sites for hydroxylation is 1. The summed E-state index contributed by atoms with van der Waals surface area (Å²) in [5.74, 6) is -1.09. The number of hydrogen-bond donors (Lipinski definition) is 1. The van der Waals surface area contributed by atoms with Crippen LogP contribution in [0, 0.1) is 5.82 Å². The average Bonchev–Trinajstić information content (AvgIpc) is 2.42. The Morgan fingerprint density at radius 2 is 2.10 bits per heavy atom. The first-order valence-corrected chi connectivity index (χ1v) is 6.68. The van der Waals surface area contributed by atoms with Crippen LogP contribution < -0.4 is 5.32 Å². The molecule has 1 heterocycles. The van der Waals surface area contributed by atoms with E-state index in [9.17, 15) is 9.18 Å². The topological polar surface area (TPSA) is 42.0 Å². The third-order valence-corrected chi connectivity index (χ3v) is 3.18. The molecule has 20 heavy (non-hydrogen) atoms. The minimum Gasteiger partial charge on any atom is -0.318 e. The lowest BCUT2D eigenvalue weighted by atomic mass is 10.2. The molecule has 6 heteroatoms. The van der Waals surface area contributed by atoms with Crippen LogP contribution in [-0.4, -0.2) is 10.9 Å². The van der Waals surface area contributed by atoms with Crippen LogP contribution in [0.3, 0.4) is 0 Å². The van der Waals surface area contributed by atoms with Gasteiger partial charge in [-0.3, -0.25) is 4.79 Å². The molecule has 0 saturated heterocycles. The van der Waals surface area contributed by atoms with Gasteiger partial charge in [0, 0.05) is 11.3 Å². The van der Waals surface area contributed by atoms with Crippen molar-refractivity contribution in [1.82, 2.24) is 4.98 Å². The summed E-state index contributed by atoms with van der Waals surface area (Å²) < 4.78 is 13.6. The lowest BCUT2D eigenvalue weighted by Crippen LogP contribution is -2.14. The number of amides is 1. The third kappa shape index (κ3) is 3.26. The number of pyridine rings is 1. The number of anilines is 1. The van der Waals surface area contributed by atoms with E-state index in [-0.39, 0.29) is 15.9 Å². The van der Waals surface area contributed by atoms with E-state index in [1.807, 2.05) is 6.92 Å². The minimum atomic E-state index is -0.596. The Bertz CT molecular complexity index is 641. The maximum absolute atomic E-state index is 13.6. The summed E-state index contributed by atoms with van der Waals surface area (Å²) in [6, 6.07) is 7.21. The second-order valence-corrected chi connectivity index (χ2v) is 4.87. The normalized spacial score (nSPS) is 10.4. The summed E-state index contributed by atoms with van der Waals surface area (Å²) in [6.45, 7) is 1.90. The van der Waals surface area contributed by atoms with Crippen LogP contribution in [0.2, 0.25) is 10.2 Å². The Balaban J connectivity index is 2.31. The van der Waals surface area contributed by atoms with Crippen LogP contribution >= 0.6 is 23.2 Å². The van der Waals surface area contributed by atoms with Gasteiger partial charge in [-0.2, -0.15) is 0 Å². The first kappa shape index (κ1) is 14.8. The Kier molecular flexibility index (Phi) is 4.57. The first-order valence-electron chi connectivity index (χ1n) is 5.93. The lowest BCUT2D eigenvalue weighted by Gasteiger charge is -2.09. The molecule has 0 atom stereocenters. The molecule has 1 aromatic carbocycles. The summed E-state index contributed by atoms with van der Waals surface area (Å²) in [5, 5.41) is 2.79. The Hall–Kier alpha value is -1.65. The summed E-state index contributed by atoms with van der Waals surface area (Å²) in [5.41, 5.74) is 0.939. The van der Waals surface area contributed by atoms with E-state index in [0.717, 1.165) is 0 Å². The van der Waals surface area contributed by atoms with Gasteiger partial charge in [-0.05, 0) is 30.7 Å². The Morgan fingerprint density at radius 3 is 2.75 bits per heavy atom. The second kappa shape index (κ2) is 6.20. The van der Waals surface area contributed by atoms with Gasteiger partial charge >= 0.3 is 0 Å². The molecule has 1 N–H and O–H groups in total. The maximum atomic E-state index is 13.6. The number of nitrogens with one attached hydrogen (secondary N) is 1. The number of halogens is 3. The smallest absolute Gasteiger partial charge is 0.255 e. The SMILES string of the molecule is CCc1cc(C(=O)Nc2c(F)cccc2Cl)cc(Cl)n1. The van der Waals surface area contributed by atoms with E-state index >= 15 is 0 Å². The zero-order valence-electron chi connectivity index (χ0n) is 10.6. The van der Waals surface area contributed by atoms with Crippen molar-refractivity contribution in [3.8, 4) is 0 Å². The molecule has 1 aromatic heterocycles. The summed E-state index contributed by atoms with van der Waals surface area (Å²) >= 11 is 11.7. The molecule has 0 spiro atoms. The maximum Gasteiger partial charge on any atom is 0.255 e. The molecule has 0 radical (unpaired) electrons. The number of nitrogens with zero attached hydrogens (tertiary/aromatic N) is 1. The van der Waals surface area contributed by atoms with Gasteiger partial charge in [0.2, 0.25) is 0 Å². The highest BCUT2D eigenvalue weighted by Gasteiger charge is 2.13. The van der Waals surface area contributed by atoms with Crippen molar-refractivity contribution in [2.45, 2.75) is 13.3 Å². The molecule has 2 aromatic rings. The van der Waals surface area contributed by atoms with E-state index < -0.39 is 11.7 Å². The summed E-state index contributed by atoms with van der Waals surface area (Å²) in [7, 11) is 0. The van der Waals surface area contributed by atoms with Gasteiger partial charge < -0.3 is 5.32 Å². The molecule has 3 nitrogen and oxygen atoms in total. The Labute approximate surface area is 125 Å². The number of benzene rings is 1. The predicted octanol–water partition coefficient (Wildman–Crippen LogP) is 4.34. The monoisotopic (exact) mass is 312 g/mol. The van der Waals surface area contributed by atoms with Gasteiger partial charge in [-0.15, -0.1) is 0 Å². The van der Waals surface area contributed by atoms with Crippen molar-refractivity contribution in [1.29, 1.82) is 0 Å². The molecule has 0 aliphatic rings. The van der Waals surface area contributed by atoms with Crippen molar-refractivity contribution < 1.29 is 9.18 Å². The molecule has 0 unspecified atom stereocenters. The standard InChI is InChI=1S/C14H11Cl2FN2O/c1-2-9-6-8(7-12(16)18-9)14(20)19-13-10(15)4-3-5-11(13)17/h3-7H,2H2,1H3,(H,19,20). The van der Waals surface area contributed by atoms with Gasteiger partial charge in [0.05, 0.1) is 10.7 Å². The number of rotatable bonds is 3. The number of para-hydroxylation sites is 1. The summed E-state index contributed by atoms with van der Waals surface area (Å²) in [4.78, 5) is 16.2. The van der Waals surface area contributed by atoms with Crippen molar-refractivity contribution in [3.63, 3.8) is 0 Å². The molecule has 1 amide bonds. The zero-order chi connectivity index (χ0) is 14.7. The fourth-order valence-corrected chi connectivity index (χ4v) is 2.10. The largest absolute Gasteiger partial charge is 0.318 e. The molecule has 0 aliphatic carbocycles. The molecular formula is C14H11Cl2FN2O. The van der Waals surface area contributed by atoms with Crippen LogP contribution in [0.25, 0.3) is 0 Å². The van der Waals surface area contributed by atoms with Crippen molar-refractivity contribution in [2.75, 3.05) is 5.32 Å². The number of hydrogen-bond acceptors (Lipinski definition) is 2. The van der Waals surface area contributed by atoms with Crippen molar-refractivity contribution >= 4 is 34.8 Å². The lowest BCUT2D eigenvalue weighted by molar-refractivity contribution is 0.102. The zero-order valence-corrected chi connectivity index (χ0v) is 12.1.